The van der Waals surface area contributed by atoms with Crippen molar-refractivity contribution in [2.24, 2.45) is 0 Å². The lowest BCUT2D eigenvalue weighted by molar-refractivity contribution is -0.117. The van der Waals surface area contributed by atoms with Crippen molar-refractivity contribution < 1.29 is 23.2 Å². The molecule has 0 spiro atoms. The predicted octanol–water partition coefficient (Wildman–Crippen LogP) is 14.6. The average Bonchev–Trinajstić information content (AvgIpc) is 3.17. The molecule has 0 aliphatic carbocycles. The van der Waals surface area contributed by atoms with E-state index in [0.29, 0.717) is 24.2 Å². The van der Waals surface area contributed by atoms with Crippen LogP contribution in [0.5, 0.6) is 0 Å². The Morgan fingerprint density at radius 2 is 0.722 bits per heavy atom. The average molecular weight is 769 g/mol. The minimum Gasteiger partial charge on any atom is -0.326 e. The maximum Gasteiger partial charge on any atom is 0.319 e. The molecule has 0 unspecified atom stereocenters. The number of anilines is 2. The van der Waals surface area contributed by atoms with Gasteiger partial charge >= 0.3 is 8.25 Å². The van der Waals surface area contributed by atoms with E-state index in [1.807, 2.05) is 48.5 Å². The number of hydrogen-bond acceptors (Lipinski definition) is 5. The molecule has 2 amide bonds. The molecule has 0 heterocycles. The summed E-state index contributed by atoms with van der Waals surface area (Å²) in [6.07, 6.45) is 34.1. The topological polar surface area (TPSA) is 93.7 Å². The van der Waals surface area contributed by atoms with Gasteiger partial charge in [0.2, 0.25) is 11.8 Å². The highest BCUT2D eigenvalue weighted by Gasteiger charge is 2.11. The van der Waals surface area contributed by atoms with Gasteiger partial charge in [0.25, 0.3) is 0 Å². The van der Waals surface area contributed by atoms with Gasteiger partial charge in [0, 0.05) is 35.3 Å². The van der Waals surface area contributed by atoms with Gasteiger partial charge in [-0.1, -0.05) is 204 Å². The van der Waals surface area contributed by atoms with Gasteiger partial charge < -0.3 is 19.7 Å². The number of hydrogen-bond donors (Lipinski definition) is 2. The molecule has 0 aromatic heterocycles. The molecule has 54 heavy (non-hydrogen) atoms. The van der Waals surface area contributed by atoms with Gasteiger partial charge in [0.15, 0.2) is 0 Å². The predicted molar refractivity (Wildman–Crippen MR) is 229 cm³/mol. The number of rotatable bonds is 36. The van der Waals surface area contributed by atoms with Crippen LogP contribution in [0.1, 0.15) is 205 Å². The van der Waals surface area contributed by atoms with E-state index >= 15 is 0 Å². The molecule has 0 saturated carbocycles. The highest BCUT2D eigenvalue weighted by atomic mass is 31.1. The SMILES string of the molecule is CCCCCCCCCCCCCCCC(=O)Nc1ccccc1CO[PH](=O)OCc1ccccc1NC(=O)CCCCCCCCCCCCCCC. The summed E-state index contributed by atoms with van der Waals surface area (Å²) in [5, 5.41) is 6.02. The maximum absolute atomic E-state index is 12.7. The first-order valence-electron chi connectivity index (χ1n) is 22.1. The first kappa shape index (κ1) is 47.7. The van der Waals surface area contributed by atoms with Crippen LogP contribution in [-0.2, 0) is 36.4 Å². The third-order valence-corrected chi connectivity index (χ3v) is 11.0. The van der Waals surface area contributed by atoms with Crippen LogP contribution < -0.4 is 10.6 Å². The zero-order chi connectivity index (χ0) is 38.7. The number of para-hydroxylation sites is 2. The van der Waals surface area contributed by atoms with Crippen molar-refractivity contribution in [1.82, 2.24) is 0 Å². The highest BCUT2D eigenvalue weighted by molar-refractivity contribution is 7.33. The number of unbranched alkanes of at least 4 members (excludes halogenated alkanes) is 24. The molecule has 2 rings (SSSR count). The molecule has 0 aliphatic rings. The first-order valence-corrected chi connectivity index (χ1v) is 23.3. The van der Waals surface area contributed by atoms with Crippen molar-refractivity contribution in [1.29, 1.82) is 0 Å². The summed E-state index contributed by atoms with van der Waals surface area (Å²) in [7, 11) is -2.82. The number of benzene rings is 2. The fourth-order valence-corrected chi connectivity index (χ4v) is 7.51. The summed E-state index contributed by atoms with van der Waals surface area (Å²) in [5.41, 5.74) is 2.84. The van der Waals surface area contributed by atoms with Crippen molar-refractivity contribution in [2.75, 3.05) is 10.6 Å². The summed E-state index contributed by atoms with van der Waals surface area (Å²) in [4.78, 5) is 25.4. The number of nitrogens with one attached hydrogen (secondary N) is 2. The first-order chi connectivity index (χ1) is 26.5. The summed E-state index contributed by atoms with van der Waals surface area (Å²) < 4.78 is 23.9. The van der Waals surface area contributed by atoms with Gasteiger partial charge in [-0.05, 0) is 25.0 Å². The number of amides is 2. The fourth-order valence-electron chi connectivity index (χ4n) is 6.88. The Balaban J connectivity index is 1.57. The minimum atomic E-state index is -2.82. The van der Waals surface area contributed by atoms with Crippen molar-refractivity contribution >= 4 is 31.4 Å². The minimum absolute atomic E-state index is 0.0119. The van der Waals surface area contributed by atoms with E-state index in [-0.39, 0.29) is 25.0 Å². The van der Waals surface area contributed by atoms with E-state index in [9.17, 15) is 14.2 Å². The van der Waals surface area contributed by atoms with Crippen LogP contribution in [0.15, 0.2) is 48.5 Å². The van der Waals surface area contributed by atoms with Gasteiger partial charge in [0.1, 0.15) is 0 Å². The Hall–Kier alpha value is -2.47. The molecular formula is C46H77N2O5P. The van der Waals surface area contributed by atoms with Gasteiger partial charge in [-0.3, -0.25) is 14.2 Å². The Bertz CT molecular complexity index is 1160. The molecule has 2 N–H and O–H groups in total. The van der Waals surface area contributed by atoms with Crippen molar-refractivity contribution in [3.05, 3.63) is 59.7 Å². The Labute approximate surface area is 330 Å². The summed E-state index contributed by atoms with van der Waals surface area (Å²) in [6.45, 7) is 4.65. The van der Waals surface area contributed by atoms with E-state index in [1.54, 1.807) is 0 Å². The second-order valence-electron chi connectivity index (χ2n) is 15.2. The lowest BCUT2D eigenvalue weighted by atomic mass is 10.0. The molecule has 0 saturated heterocycles. The molecule has 306 valence electrons. The van der Waals surface area contributed by atoms with Gasteiger partial charge in [-0.25, -0.2) is 0 Å². The van der Waals surface area contributed by atoms with Crippen LogP contribution >= 0.6 is 8.25 Å². The Kier molecular flexibility index (Phi) is 29.9. The number of carbonyl (C=O) groups is 2. The second kappa shape index (κ2) is 33.8. The molecule has 0 radical (unpaired) electrons. The molecule has 0 fully saturated rings. The zero-order valence-electron chi connectivity index (χ0n) is 34.4. The van der Waals surface area contributed by atoms with E-state index in [0.717, 1.165) is 36.8 Å². The normalized spacial score (nSPS) is 11.3. The quantitative estimate of drug-likeness (QED) is 0.0532. The molecule has 2 aromatic rings. The summed E-state index contributed by atoms with van der Waals surface area (Å²) >= 11 is 0. The second-order valence-corrected chi connectivity index (χ2v) is 16.3. The molecule has 0 aliphatic heterocycles. The van der Waals surface area contributed by atoms with E-state index in [1.165, 1.54) is 141 Å². The largest absolute Gasteiger partial charge is 0.326 e. The lowest BCUT2D eigenvalue weighted by Crippen LogP contribution is -2.13. The van der Waals surface area contributed by atoms with E-state index < -0.39 is 8.25 Å². The Morgan fingerprint density at radius 1 is 0.444 bits per heavy atom. The molecular weight excluding hydrogens is 691 g/mol. The van der Waals surface area contributed by atoms with Crippen LogP contribution in [0, 0.1) is 0 Å². The van der Waals surface area contributed by atoms with Crippen molar-refractivity contribution in [3.8, 4) is 0 Å². The third-order valence-electron chi connectivity index (χ3n) is 10.3. The van der Waals surface area contributed by atoms with E-state index in [2.05, 4.69) is 24.5 Å². The van der Waals surface area contributed by atoms with Crippen molar-refractivity contribution in [3.63, 3.8) is 0 Å². The number of carbonyl (C=O) groups excluding carboxylic acids is 2. The standard InChI is InChI=1S/C46H77N2O5P/c1-3-5-7-9-11-13-15-17-19-21-23-25-27-37-45(49)47-43-35-31-29-33-41(43)39-52-54(51)53-40-42-34-30-32-36-44(42)48-46(50)38-28-26-24-22-20-18-16-14-12-10-8-6-4-2/h29-36,54H,3-28,37-40H2,1-2H3,(H,47,49)(H,48,50). The lowest BCUT2D eigenvalue weighted by Gasteiger charge is -2.13. The highest BCUT2D eigenvalue weighted by Crippen LogP contribution is 2.31. The van der Waals surface area contributed by atoms with Crippen LogP contribution in [0.3, 0.4) is 0 Å². The van der Waals surface area contributed by atoms with Crippen LogP contribution in [0.2, 0.25) is 0 Å². The smallest absolute Gasteiger partial charge is 0.319 e. The fraction of sp³-hybridized carbons (Fsp3) is 0.696. The Morgan fingerprint density at radius 3 is 1.04 bits per heavy atom. The zero-order valence-corrected chi connectivity index (χ0v) is 35.4. The third kappa shape index (κ3) is 25.6. The maximum atomic E-state index is 12.7. The molecule has 0 bridgehead atoms. The summed E-state index contributed by atoms with van der Waals surface area (Å²) in [5.74, 6) is -0.0238. The van der Waals surface area contributed by atoms with Gasteiger partial charge in [-0.2, -0.15) is 0 Å². The van der Waals surface area contributed by atoms with E-state index in [4.69, 9.17) is 9.05 Å². The molecule has 8 heteroatoms. The molecule has 2 aromatic carbocycles. The van der Waals surface area contributed by atoms with Crippen LogP contribution in [-0.4, -0.2) is 11.8 Å². The molecule has 0 atom stereocenters. The van der Waals surface area contributed by atoms with Gasteiger partial charge in [-0.15, -0.1) is 0 Å². The van der Waals surface area contributed by atoms with Crippen molar-refractivity contribution in [2.45, 2.75) is 207 Å². The van der Waals surface area contributed by atoms with Crippen LogP contribution in [0.4, 0.5) is 11.4 Å². The molecule has 7 nitrogen and oxygen atoms in total. The summed E-state index contributed by atoms with van der Waals surface area (Å²) in [6, 6.07) is 14.9. The van der Waals surface area contributed by atoms with Crippen LogP contribution in [0.25, 0.3) is 0 Å². The monoisotopic (exact) mass is 769 g/mol. The van der Waals surface area contributed by atoms with Gasteiger partial charge in [0.05, 0.1) is 13.2 Å².